The van der Waals surface area contributed by atoms with E-state index in [1.54, 1.807) is 23.6 Å². The minimum Gasteiger partial charge on any atom is -0.370 e. The van der Waals surface area contributed by atoms with Gasteiger partial charge < -0.3 is 20.9 Å². The number of amides is 1. The van der Waals surface area contributed by atoms with E-state index in [-0.39, 0.29) is 12.3 Å². The van der Waals surface area contributed by atoms with Crippen molar-refractivity contribution in [2.24, 2.45) is 10.7 Å². The van der Waals surface area contributed by atoms with Crippen LogP contribution in [0.5, 0.6) is 0 Å². The van der Waals surface area contributed by atoms with Crippen LogP contribution >= 0.6 is 11.3 Å². The van der Waals surface area contributed by atoms with Gasteiger partial charge in [0.15, 0.2) is 11.1 Å². The summed E-state index contributed by atoms with van der Waals surface area (Å²) in [5.74, 6) is 0.924. The smallest absolute Gasteiger partial charge is 0.227 e. The van der Waals surface area contributed by atoms with Crippen LogP contribution in [-0.2, 0) is 4.79 Å². The van der Waals surface area contributed by atoms with E-state index in [0.29, 0.717) is 18.3 Å². The van der Waals surface area contributed by atoms with Gasteiger partial charge in [0, 0.05) is 50.4 Å². The number of guanidine groups is 1. The molecule has 8 nitrogen and oxygen atoms in total. The Morgan fingerprint density at radius 1 is 1.31 bits per heavy atom. The summed E-state index contributed by atoms with van der Waals surface area (Å²) >= 11 is 1.64. The van der Waals surface area contributed by atoms with E-state index in [1.165, 1.54) is 0 Å². The number of pyridine rings is 1. The molecule has 26 heavy (non-hydrogen) atoms. The highest BCUT2D eigenvalue weighted by Gasteiger charge is 2.19. The summed E-state index contributed by atoms with van der Waals surface area (Å²) in [7, 11) is 0. The molecule has 3 rings (SSSR count). The quantitative estimate of drug-likeness (QED) is 0.606. The molecule has 0 saturated carbocycles. The molecular formula is C17H23N7OS. The Hall–Kier alpha value is -2.68. The summed E-state index contributed by atoms with van der Waals surface area (Å²) < 4.78 is 0. The van der Waals surface area contributed by atoms with E-state index in [2.05, 4.69) is 25.2 Å². The van der Waals surface area contributed by atoms with Gasteiger partial charge in [-0.1, -0.05) is 6.07 Å². The highest BCUT2D eigenvalue weighted by Crippen LogP contribution is 2.18. The topological polar surface area (TPSA) is 99.7 Å². The molecule has 3 heterocycles. The van der Waals surface area contributed by atoms with Crippen LogP contribution in [0.15, 0.2) is 34.9 Å². The SMILES string of the molecule is Cc1ccc(NC(=O)CCN=C(N)N2CCN(c3nccs3)CC2)nc1. The molecular weight excluding hydrogens is 350 g/mol. The molecule has 1 aliphatic heterocycles. The zero-order valence-electron chi connectivity index (χ0n) is 14.8. The second kappa shape index (κ2) is 8.61. The maximum absolute atomic E-state index is 11.9. The lowest BCUT2D eigenvalue weighted by molar-refractivity contribution is -0.116. The van der Waals surface area contributed by atoms with Gasteiger partial charge in [-0.2, -0.15) is 0 Å². The predicted octanol–water partition coefficient (Wildman–Crippen LogP) is 1.31. The molecule has 9 heteroatoms. The lowest BCUT2D eigenvalue weighted by Gasteiger charge is -2.35. The minimum absolute atomic E-state index is 0.119. The highest BCUT2D eigenvalue weighted by molar-refractivity contribution is 7.13. The normalized spacial score (nSPS) is 15.2. The average molecular weight is 373 g/mol. The van der Waals surface area contributed by atoms with Gasteiger partial charge in [0.1, 0.15) is 5.82 Å². The monoisotopic (exact) mass is 373 g/mol. The summed E-state index contributed by atoms with van der Waals surface area (Å²) in [5, 5.41) is 5.78. The first kappa shape index (κ1) is 18.1. The summed E-state index contributed by atoms with van der Waals surface area (Å²) in [6.07, 6.45) is 3.81. The number of thiazole rings is 1. The molecule has 2 aromatic heterocycles. The Balaban J connectivity index is 1.41. The number of rotatable bonds is 5. The standard InChI is InChI=1S/C17H23N7OS/c1-13-2-3-14(21-12-13)22-15(25)4-5-19-16(18)23-7-9-24(10-8-23)17-20-6-11-26-17/h2-3,6,11-12H,4-5,7-10H2,1H3,(H2,18,19)(H,21,22,25). The molecule has 1 fully saturated rings. The van der Waals surface area contributed by atoms with Crippen molar-refractivity contribution in [1.29, 1.82) is 0 Å². The van der Waals surface area contributed by atoms with Crippen LogP contribution in [0.25, 0.3) is 0 Å². The van der Waals surface area contributed by atoms with E-state index in [9.17, 15) is 4.79 Å². The number of nitrogens with zero attached hydrogens (tertiary/aromatic N) is 5. The van der Waals surface area contributed by atoms with Gasteiger partial charge in [-0.25, -0.2) is 9.97 Å². The van der Waals surface area contributed by atoms with Crippen molar-refractivity contribution >= 4 is 34.2 Å². The fraction of sp³-hybridized carbons (Fsp3) is 0.412. The lowest BCUT2D eigenvalue weighted by Crippen LogP contribution is -2.51. The van der Waals surface area contributed by atoms with Crippen LogP contribution in [-0.4, -0.2) is 59.5 Å². The number of anilines is 2. The Bertz CT molecular complexity index is 737. The van der Waals surface area contributed by atoms with Gasteiger partial charge in [0.2, 0.25) is 5.91 Å². The first-order valence-corrected chi connectivity index (χ1v) is 9.41. The number of hydrogen-bond acceptors (Lipinski definition) is 6. The maximum Gasteiger partial charge on any atom is 0.227 e. The zero-order valence-corrected chi connectivity index (χ0v) is 15.6. The number of aliphatic imine (C=N–C) groups is 1. The lowest BCUT2D eigenvalue weighted by atomic mass is 10.3. The Morgan fingerprint density at radius 2 is 2.12 bits per heavy atom. The van der Waals surface area contributed by atoms with Crippen LogP contribution in [0.4, 0.5) is 10.9 Å². The molecule has 3 N–H and O–H groups in total. The zero-order chi connectivity index (χ0) is 18.4. The number of carbonyl (C=O) groups excluding carboxylic acids is 1. The van der Waals surface area contributed by atoms with Crippen molar-refractivity contribution in [3.8, 4) is 0 Å². The summed E-state index contributed by atoms with van der Waals surface area (Å²) in [5.41, 5.74) is 7.12. The molecule has 0 spiro atoms. The second-order valence-electron chi connectivity index (χ2n) is 6.05. The minimum atomic E-state index is -0.119. The van der Waals surface area contributed by atoms with Crippen LogP contribution in [0, 0.1) is 6.92 Å². The highest BCUT2D eigenvalue weighted by atomic mass is 32.1. The first-order valence-electron chi connectivity index (χ1n) is 8.53. The third kappa shape index (κ3) is 4.92. The fourth-order valence-electron chi connectivity index (χ4n) is 2.62. The van der Waals surface area contributed by atoms with E-state index in [0.717, 1.165) is 36.9 Å². The van der Waals surface area contributed by atoms with E-state index >= 15 is 0 Å². The Kier molecular flexibility index (Phi) is 6.00. The number of piperazine rings is 1. The summed E-state index contributed by atoms with van der Waals surface area (Å²) in [4.78, 5) is 29.1. The molecule has 1 saturated heterocycles. The van der Waals surface area contributed by atoms with Gasteiger partial charge in [-0.15, -0.1) is 11.3 Å². The van der Waals surface area contributed by atoms with Crippen LogP contribution in [0.2, 0.25) is 0 Å². The van der Waals surface area contributed by atoms with E-state index in [1.807, 2.05) is 29.5 Å². The van der Waals surface area contributed by atoms with Crippen molar-refractivity contribution in [3.63, 3.8) is 0 Å². The molecule has 0 aliphatic carbocycles. The largest absolute Gasteiger partial charge is 0.370 e. The number of aryl methyl sites for hydroxylation is 1. The molecule has 0 aromatic carbocycles. The molecule has 1 amide bonds. The fourth-order valence-corrected chi connectivity index (χ4v) is 3.31. The van der Waals surface area contributed by atoms with Crippen molar-refractivity contribution in [2.45, 2.75) is 13.3 Å². The summed E-state index contributed by atoms with van der Waals surface area (Å²) in [6.45, 7) is 5.64. The number of nitrogens with one attached hydrogen (secondary N) is 1. The second-order valence-corrected chi connectivity index (χ2v) is 6.92. The molecule has 0 unspecified atom stereocenters. The maximum atomic E-state index is 11.9. The summed E-state index contributed by atoms with van der Waals surface area (Å²) in [6, 6.07) is 3.69. The third-order valence-electron chi connectivity index (χ3n) is 4.08. The number of carbonyl (C=O) groups is 1. The van der Waals surface area contributed by atoms with Crippen LogP contribution < -0.4 is 16.0 Å². The third-order valence-corrected chi connectivity index (χ3v) is 4.92. The molecule has 0 radical (unpaired) electrons. The van der Waals surface area contributed by atoms with Crippen molar-refractivity contribution < 1.29 is 4.79 Å². The number of nitrogens with two attached hydrogens (primary N) is 1. The average Bonchev–Trinajstić information content (AvgIpc) is 3.18. The Labute approximate surface area is 156 Å². The van der Waals surface area contributed by atoms with Crippen LogP contribution in [0.1, 0.15) is 12.0 Å². The van der Waals surface area contributed by atoms with Crippen molar-refractivity contribution in [2.75, 3.05) is 42.9 Å². The van der Waals surface area contributed by atoms with Gasteiger partial charge in [-0.3, -0.25) is 9.79 Å². The van der Waals surface area contributed by atoms with Gasteiger partial charge in [0.05, 0.1) is 6.54 Å². The van der Waals surface area contributed by atoms with Gasteiger partial charge >= 0.3 is 0 Å². The van der Waals surface area contributed by atoms with Crippen molar-refractivity contribution in [3.05, 3.63) is 35.5 Å². The molecule has 0 bridgehead atoms. The predicted molar refractivity (Wildman–Crippen MR) is 105 cm³/mol. The molecule has 2 aromatic rings. The molecule has 1 aliphatic rings. The first-order chi connectivity index (χ1) is 12.6. The number of aromatic nitrogens is 2. The molecule has 138 valence electrons. The van der Waals surface area contributed by atoms with Crippen LogP contribution in [0.3, 0.4) is 0 Å². The number of hydrogen-bond donors (Lipinski definition) is 2. The van der Waals surface area contributed by atoms with E-state index < -0.39 is 0 Å². The van der Waals surface area contributed by atoms with Gasteiger partial charge in [-0.05, 0) is 18.6 Å². The van der Waals surface area contributed by atoms with E-state index in [4.69, 9.17) is 5.73 Å². The van der Waals surface area contributed by atoms with Gasteiger partial charge in [0.25, 0.3) is 0 Å². The van der Waals surface area contributed by atoms with Crippen molar-refractivity contribution in [1.82, 2.24) is 14.9 Å². The Morgan fingerprint density at radius 3 is 2.77 bits per heavy atom. The molecule has 0 atom stereocenters.